The topological polar surface area (TPSA) is 115 Å². The van der Waals surface area contributed by atoms with E-state index in [1.54, 1.807) is 24.2 Å². The van der Waals surface area contributed by atoms with E-state index in [0.717, 1.165) is 10.5 Å². The maximum atomic E-state index is 16.0. The van der Waals surface area contributed by atoms with Crippen molar-refractivity contribution >= 4 is 35.4 Å². The highest BCUT2D eigenvalue weighted by atomic mass is 32.1. The Morgan fingerprint density at radius 1 is 1.14 bits per heavy atom. The Morgan fingerprint density at radius 2 is 1.93 bits per heavy atom. The molecule has 13 heteroatoms. The van der Waals surface area contributed by atoms with Gasteiger partial charge in [0.15, 0.2) is 17.3 Å². The van der Waals surface area contributed by atoms with Gasteiger partial charge in [0.25, 0.3) is 0 Å². The average Bonchev–Trinajstić information content (AvgIpc) is 3.40. The highest BCUT2D eigenvalue weighted by molar-refractivity contribution is 7.84. The largest absolute Gasteiger partial charge is 0.355 e. The number of amides is 1. The first-order valence-corrected chi connectivity index (χ1v) is 14.4. The molecule has 1 fully saturated rings. The number of carbonyl (C=O) groups excluding carboxylic acids is 1. The fraction of sp³-hybridized carbons (Fsp3) is 0.414. The van der Waals surface area contributed by atoms with Gasteiger partial charge in [-0.1, -0.05) is 25.1 Å². The van der Waals surface area contributed by atoms with Gasteiger partial charge in [0.05, 0.1) is 28.7 Å². The fourth-order valence-corrected chi connectivity index (χ4v) is 6.19. The normalized spacial score (nSPS) is 20.1. The first kappa shape index (κ1) is 28.0. The number of piperazine rings is 1. The highest BCUT2D eigenvalue weighted by Crippen LogP contribution is 2.34. The summed E-state index contributed by atoms with van der Waals surface area (Å²) in [7, 11) is 0. The summed E-state index contributed by atoms with van der Waals surface area (Å²) >= 11 is 4.74. The number of pyridine rings is 2. The van der Waals surface area contributed by atoms with Gasteiger partial charge in [-0.3, -0.25) is 9.78 Å². The number of hydrogen-bond acceptors (Lipinski definition) is 9. The number of nitrogens with zero attached hydrogens (tertiary/aromatic N) is 9. The van der Waals surface area contributed by atoms with E-state index in [1.165, 1.54) is 15.3 Å². The van der Waals surface area contributed by atoms with Crippen LogP contribution in [-0.4, -0.2) is 70.5 Å². The van der Waals surface area contributed by atoms with E-state index in [2.05, 4.69) is 20.3 Å². The number of anilines is 1. The summed E-state index contributed by atoms with van der Waals surface area (Å²) in [6, 6.07) is 2.92. The Bertz CT molecular complexity index is 1810. The maximum absolute atomic E-state index is 16.0. The van der Waals surface area contributed by atoms with E-state index in [4.69, 9.17) is 17.6 Å². The molecule has 2 bridgehead atoms. The van der Waals surface area contributed by atoms with Crippen LogP contribution in [0.5, 0.6) is 0 Å². The van der Waals surface area contributed by atoms with Gasteiger partial charge >= 0.3 is 5.69 Å². The lowest BCUT2D eigenvalue weighted by Gasteiger charge is -2.44. The quantitative estimate of drug-likeness (QED) is 0.354. The van der Waals surface area contributed by atoms with Crippen molar-refractivity contribution < 1.29 is 9.18 Å². The Balaban J connectivity index is 1.70. The fourth-order valence-electron chi connectivity index (χ4n) is 5.92. The number of halogens is 1. The molecule has 0 spiro atoms. The molecule has 0 N–H and O–H groups in total. The number of allylic oxidation sites excluding steroid dienone is 2. The summed E-state index contributed by atoms with van der Waals surface area (Å²) in [4.78, 5) is 44.9. The second-order valence-electron chi connectivity index (χ2n) is 11.3. The molecule has 0 saturated carbocycles. The van der Waals surface area contributed by atoms with Crippen LogP contribution in [0.15, 0.2) is 40.3 Å². The van der Waals surface area contributed by atoms with Crippen molar-refractivity contribution in [1.82, 2.24) is 39.4 Å². The molecule has 11 nitrogen and oxygen atoms in total. The third kappa shape index (κ3) is 4.65. The van der Waals surface area contributed by atoms with Gasteiger partial charge in [-0.2, -0.15) is 9.67 Å². The van der Waals surface area contributed by atoms with Crippen molar-refractivity contribution in [3.63, 3.8) is 0 Å². The Hall–Kier alpha value is -4.13. The monoisotopic (exact) mass is 589 g/mol. The van der Waals surface area contributed by atoms with Crippen LogP contribution in [0.2, 0.25) is 0 Å². The molecule has 1 saturated heterocycles. The van der Waals surface area contributed by atoms with Crippen LogP contribution in [0.25, 0.3) is 22.5 Å². The molecule has 42 heavy (non-hydrogen) atoms. The molecule has 0 aliphatic carbocycles. The van der Waals surface area contributed by atoms with Gasteiger partial charge in [-0.25, -0.2) is 18.7 Å². The molecule has 6 rings (SSSR count). The van der Waals surface area contributed by atoms with Crippen molar-refractivity contribution in [2.24, 2.45) is 0 Å². The predicted molar refractivity (Wildman–Crippen MR) is 160 cm³/mol. The van der Waals surface area contributed by atoms with E-state index < -0.39 is 11.5 Å². The summed E-state index contributed by atoms with van der Waals surface area (Å²) in [5.74, 6) is -0.441. The Kier molecular flexibility index (Phi) is 7.08. The standard InChI is InChI=1S/C29H32FN9O2S/c1-15(2)24-25-19(8-9-31-24)10-21(42)7-6-20-12-32-35-39(20)28-23(30)11-22-26(34-29(41)38(25)27(22)33-28)37-14-16(3)36(18(5)40)13-17(37)4/h7-9,11-12,15-17,42H,6,10,13-14H2,1-5H3/b21-7+/t16-,17+/m1/s1. The van der Waals surface area contributed by atoms with Crippen LogP contribution in [-0.2, 0) is 17.6 Å². The van der Waals surface area contributed by atoms with Crippen molar-refractivity contribution in [2.45, 2.75) is 65.5 Å². The van der Waals surface area contributed by atoms with Gasteiger partial charge in [-0.05, 0) is 42.4 Å². The molecule has 1 amide bonds. The maximum Gasteiger partial charge on any atom is 0.355 e. The van der Waals surface area contributed by atoms with Gasteiger partial charge in [-0.15, -0.1) is 17.7 Å². The zero-order valence-electron chi connectivity index (χ0n) is 24.1. The lowest BCUT2D eigenvalue weighted by atomic mass is 10.0. The van der Waals surface area contributed by atoms with E-state index in [0.29, 0.717) is 54.2 Å². The molecule has 2 atom stereocenters. The molecule has 2 aliphatic rings. The third-order valence-corrected chi connectivity index (χ3v) is 8.33. The van der Waals surface area contributed by atoms with Crippen LogP contribution < -0.4 is 10.6 Å². The smallest absolute Gasteiger partial charge is 0.349 e. The summed E-state index contributed by atoms with van der Waals surface area (Å²) in [6.07, 6.45) is 6.06. The minimum absolute atomic E-state index is 0.0207. The van der Waals surface area contributed by atoms with E-state index in [9.17, 15) is 9.59 Å². The van der Waals surface area contributed by atoms with Crippen LogP contribution in [0.4, 0.5) is 10.2 Å². The van der Waals surface area contributed by atoms with Crippen molar-refractivity contribution in [3.05, 3.63) is 68.8 Å². The molecular formula is C29H32FN9O2S. The number of carbonyl (C=O) groups is 1. The number of rotatable bonds is 2. The van der Waals surface area contributed by atoms with Crippen LogP contribution in [0, 0.1) is 5.82 Å². The van der Waals surface area contributed by atoms with Gasteiger partial charge in [0.2, 0.25) is 5.91 Å². The lowest BCUT2D eigenvalue weighted by molar-refractivity contribution is -0.131. The highest BCUT2D eigenvalue weighted by Gasteiger charge is 2.34. The van der Waals surface area contributed by atoms with Crippen LogP contribution >= 0.6 is 12.6 Å². The molecule has 218 valence electrons. The van der Waals surface area contributed by atoms with Crippen LogP contribution in [0.1, 0.15) is 57.5 Å². The zero-order chi connectivity index (χ0) is 29.9. The second-order valence-corrected chi connectivity index (χ2v) is 11.9. The number of fused-ring (bicyclic) bond motifs is 5. The molecule has 2 aliphatic heterocycles. The van der Waals surface area contributed by atoms with Crippen molar-refractivity contribution in [1.29, 1.82) is 0 Å². The molecule has 0 unspecified atom stereocenters. The molecule has 0 radical (unpaired) electrons. The second kappa shape index (κ2) is 10.6. The Morgan fingerprint density at radius 3 is 2.67 bits per heavy atom. The van der Waals surface area contributed by atoms with Crippen molar-refractivity contribution in [3.8, 4) is 11.5 Å². The van der Waals surface area contributed by atoms with Crippen molar-refractivity contribution in [2.75, 3.05) is 18.0 Å². The van der Waals surface area contributed by atoms with Gasteiger partial charge in [0.1, 0.15) is 5.82 Å². The van der Waals surface area contributed by atoms with E-state index in [-0.39, 0.29) is 35.4 Å². The van der Waals surface area contributed by atoms with Gasteiger partial charge < -0.3 is 9.80 Å². The average molecular weight is 590 g/mol. The number of hydrogen-bond donors (Lipinski definition) is 1. The number of aromatic nitrogens is 7. The molecule has 6 heterocycles. The van der Waals surface area contributed by atoms with E-state index in [1.807, 2.05) is 44.7 Å². The minimum atomic E-state index is -0.631. The third-order valence-electron chi connectivity index (χ3n) is 7.99. The predicted octanol–water partition coefficient (Wildman–Crippen LogP) is 3.38. The summed E-state index contributed by atoms with van der Waals surface area (Å²) in [6.45, 7) is 10.3. The first-order chi connectivity index (χ1) is 20.0. The van der Waals surface area contributed by atoms with E-state index >= 15 is 4.39 Å². The van der Waals surface area contributed by atoms with Gasteiger partial charge in [0, 0.05) is 51.1 Å². The SMILES string of the molecule is CC(=O)N1C[C@H](C)N(c2nc(=O)n3c4nc(c(F)cc24)-n2nncc2C/C=C(/S)Cc2ccnc(C(C)C)c2-3)C[C@H]1C. The first-order valence-electron chi connectivity index (χ1n) is 14.0. The molecular weight excluding hydrogens is 557 g/mol. The van der Waals surface area contributed by atoms with Crippen LogP contribution in [0.3, 0.4) is 0 Å². The molecule has 0 aromatic carbocycles. The lowest BCUT2D eigenvalue weighted by Crippen LogP contribution is -2.58. The molecule has 4 aromatic heterocycles. The summed E-state index contributed by atoms with van der Waals surface area (Å²) < 4.78 is 18.8. The zero-order valence-corrected chi connectivity index (χ0v) is 25.0. The molecule has 4 aromatic rings. The minimum Gasteiger partial charge on any atom is -0.349 e. The number of thiol groups is 1. The Labute approximate surface area is 247 Å². The summed E-state index contributed by atoms with van der Waals surface area (Å²) in [5, 5.41) is 8.50. The summed E-state index contributed by atoms with van der Waals surface area (Å²) in [5.41, 5.74) is 2.37.